The molecule has 1 aromatic heterocycles. The molecule has 0 aliphatic carbocycles. The van der Waals surface area contributed by atoms with E-state index in [2.05, 4.69) is 10.7 Å². The molecule has 0 saturated carbocycles. The van der Waals surface area contributed by atoms with Gasteiger partial charge in [-0.3, -0.25) is 19.3 Å². The van der Waals surface area contributed by atoms with Crippen LogP contribution in [-0.2, 0) is 10.0 Å². The van der Waals surface area contributed by atoms with Crippen LogP contribution in [0.4, 0.5) is 10.7 Å². The van der Waals surface area contributed by atoms with Gasteiger partial charge in [0, 0.05) is 26.7 Å². The maximum absolute atomic E-state index is 12.9. The number of anilines is 2. The molecule has 0 radical (unpaired) electrons. The summed E-state index contributed by atoms with van der Waals surface area (Å²) in [4.78, 5) is 24.9. The van der Waals surface area contributed by atoms with Crippen molar-refractivity contribution in [3.63, 3.8) is 0 Å². The summed E-state index contributed by atoms with van der Waals surface area (Å²) in [5, 5.41) is 6.33. The molecule has 2 aromatic carbocycles. The number of hydrogen-bond donors (Lipinski definition) is 2. The van der Waals surface area contributed by atoms with Gasteiger partial charge in [0.25, 0.3) is 21.8 Å². The van der Waals surface area contributed by atoms with Gasteiger partial charge in [0.05, 0.1) is 16.1 Å². The van der Waals surface area contributed by atoms with Gasteiger partial charge in [0.1, 0.15) is 5.00 Å². The monoisotopic (exact) mass is 458 g/mol. The Labute approximate surface area is 185 Å². The summed E-state index contributed by atoms with van der Waals surface area (Å²) in [6.45, 7) is 0. The first-order valence-corrected chi connectivity index (χ1v) is 11.5. The van der Waals surface area contributed by atoms with Gasteiger partial charge in [-0.2, -0.15) is 0 Å². The zero-order valence-corrected chi connectivity index (χ0v) is 18.8. The number of sulfonamides is 1. The Bertz CT molecular complexity index is 1170. The van der Waals surface area contributed by atoms with E-state index in [0.29, 0.717) is 16.3 Å². The molecule has 0 bridgehead atoms. The Kier molecular flexibility index (Phi) is 6.74. The minimum absolute atomic E-state index is 0.0672. The highest BCUT2D eigenvalue weighted by Crippen LogP contribution is 2.25. The van der Waals surface area contributed by atoms with Crippen molar-refractivity contribution in [1.29, 1.82) is 0 Å². The standard InChI is InChI=1S/C21H22N4O4S2/c1-24(2)23-20(27)18-13-14-30-21(18)22-19(26)15-9-11-17(12-10-15)31(28,29)25(3)16-7-5-4-6-8-16/h4-14H,1-3H3,(H,22,26)(H,23,27). The fourth-order valence-electron chi connectivity index (χ4n) is 2.74. The van der Waals surface area contributed by atoms with Crippen LogP contribution in [0.5, 0.6) is 0 Å². The van der Waals surface area contributed by atoms with Gasteiger partial charge in [-0.1, -0.05) is 18.2 Å². The van der Waals surface area contributed by atoms with E-state index in [1.807, 2.05) is 0 Å². The van der Waals surface area contributed by atoms with Crippen LogP contribution >= 0.6 is 11.3 Å². The number of rotatable bonds is 7. The van der Waals surface area contributed by atoms with Gasteiger partial charge in [-0.05, 0) is 47.8 Å². The van der Waals surface area contributed by atoms with Gasteiger partial charge in [-0.25, -0.2) is 13.4 Å². The third-order valence-electron chi connectivity index (χ3n) is 4.36. The first-order valence-electron chi connectivity index (χ1n) is 9.21. The van der Waals surface area contributed by atoms with Crippen LogP contribution in [0.25, 0.3) is 0 Å². The van der Waals surface area contributed by atoms with Crippen LogP contribution < -0.4 is 15.0 Å². The number of hydrogen-bond acceptors (Lipinski definition) is 6. The van der Waals surface area contributed by atoms with Gasteiger partial charge in [0.15, 0.2) is 0 Å². The maximum Gasteiger partial charge on any atom is 0.268 e. The van der Waals surface area contributed by atoms with Crippen molar-refractivity contribution >= 4 is 43.9 Å². The summed E-state index contributed by atoms with van der Waals surface area (Å²) in [5.74, 6) is -0.784. The minimum Gasteiger partial charge on any atom is -0.313 e. The zero-order valence-electron chi connectivity index (χ0n) is 17.2. The van der Waals surface area contributed by atoms with Crippen LogP contribution in [-0.4, -0.2) is 46.4 Å². The topological polar surface area (TPSA) is 98.8 Å². The lowest BCUT2D eigenvalue weighted by atomic mass is 10.2. The van der Waals surface area contributed by atoms with Crippen LogP contribution in [0.3, 0.4) is 0 Å². The minimum atomic E-state index is -3.77. The molecule has 0 unspecified atom stereocenters. The lowest BCUT2D eigenvalue weighted by molar-refractivity contribution is 0.0858. The molecule has 3 rings (SSSR count). The van der Waals surface area contributed by atoms with E-state index < -0.39 is 15.9 Å². The number of para-hydroxylation sites is 1. The Balaban J connectivity index is 1.76. The van der Waals surface area contributed by atoms with Crippen LogP contribution in [0.2, 0.25) is 0 Å². The first kappa shape index (κ1) is 22.5. The van der Waals surface area contributed by atoms with E-state index in [9.17, 15) is 18.0 Å². The van der Waals surface area contributed by atoms with E-state index >= 15 is 0 Å². The molecule has 0 saturated heterocycles. The second-order valence-electron chi connectivity index (χ2n) is 6.79. The summed E-state index contributed by atoms with van der Waals surface area (Å²) >= 11 is 1.22. The van der Waals surface area contributed by atoms with Crippen molar-refractivity contribution < 1.29 is 18.0 Å². The van der Waals surface area contributed by atoms with Crippen LogP contribution in [0.15, 0.2) is 70.9 Å². The Morgan fingerprint density at radius 2 is 1.52 bits per heavy atom. The number of nitrogens with one attached hydrogen (secondary N) is 2. The summed E-state index contributed by atoms with van der Waals surface area (Å²) in [6.07, 6.45) is 0. The van der Waals surface area contributed by atoms with Gasteiger partial charge < -0.3 is 5.32 Å². The molecule has 2 amide bonds. The van der Waals surface area contributed by atoms with Gasteiger partial charge in [0.2, 0.25) is 0 Å². The average Bonchev–Trinajstić information content (AvgIpc) is 3.21. The molecular weight excluding hydrogens is 436 g/mol. The van der Waals surface area contributed by atoms with Crippen molar-refractivity contribution in [1.82, 2.24) is 10.4 Å². The van der Waals surface area contributed by atoms with Crippen molar-refractivity contribution in [2.24, 2.45) is 0 Å². The normalized spacial score (nSPS) is 11.2. The van der Waals surface area contributed by atoms with Crippen molar-refractivity contribution in [3.8, 4) is 0 Å². The Morgan fingerprint density at radius 3 is 2.13 bits per heavy atom. The molecule has 0 fully saturated rings. The lowest BCUT2D eigenvalue weighted by Gasteiger charge is -2.19. The Morgan fingerprint density at radius 1 is 0.871 bits per heavy atom. The molecule has 10 heteroatoms. The van der Waals surface area contributed by atoms with Crippen molar-refractivity contribution in [2.75, 3.05) is 30.8 Å². The molecular formula is C21H22N4O4S2. The number of carbonyl (C=O) groups is 2. The number of nitrogens with zero attached hydrogens (tertiary/aromatic N) is 2. The summed E-state index contributed by atoms with van der Waals surface area (Å²) < 4.78 is 26.9. The number of amides is 2. The molecule has 3 aromatic rings. The smallest absolute Gasteiger partial charge is 0.268 e. The summed E-state index contributed by atoms with van der Waals surface area (Å²) in [7, 11) is 1.08. The van der Waals surface area contributed by atoms with E-state index in [4.69, 9.17) is 0 Å². The quantitative estimate of drug-likeness (QED) is 0.530. The fourth-order valence-corrected chi connectivity index (χ4v) is 4.71. The molecule has 2 N–H and O–H groups in total. The lowest BCUT2D eigenvalue weighted by Crippen LogP contribution is -2.36. The largest absolute Gasteiger partial charge is 0.313 e. The molecule has 1 heterocycles. The molecule has 0 aliphatic heterocycles. The van der Waals surface area contributed by atoms with Crippen molar-refractivity contribution in [3.05, 3.63) is 77.2 Å². The van der Waals surface area contributed by atoms with Crippen molar-refractivity contribution in [2.45, 2.75) is 4.90 Å². The highest BCUT2D eigenvalue weighted by Gasteiger charge is 2.22. The predicted octanol–water partition coefficient (Wildman–Crippen LogP) is 3.03. The van der Waals surface area contributed by atoms with Gasteiger partial charge in [-0.15, -0.1) is 11.3 Å². The van der Waals surface area contributed by atoms with E-state index in [-0.39, 0.29) is 16.4 Å². The van der Waals surface area contributed by atoms with E-state index in [0.717, 1.165) is 0 Å². The molecule has 8 nitrogen and oxygen atoms in total. The number of carbonyl (C=O) groups excluding carboxylic acids is 2. The van der Waals surface area contributed by atoms with Crippen LogP contribution in [0, 0.1) is 0 Å². The fraction of sp³-hybridized carbons (Fsp3) is 0.143. The second-order valence-corrected chi connectivity index (χ2v) is 9.67. The van der Waals surface area contributed by atoms with Crippen LogP contribution in [0.1, 0.15) is 20.7 Å². The van der Waals surface area contributed by atoms with E-state index in [1.165, 1.54) is 52.0 Å². The maximum atomic E-state index is 12.9. The molecule has 0 aliphatic rings. The van der Waals surface area contributed by atoms with E-state index in [1.54, 1.807) is 55.9 Å². The summed E-state index contributed by atoms with van der Waals surface area (Å²) in [5.41, 5.74) is 3.77. The third-order valence-corrected chi connectivity index (χ3v) is 6.99. The molecule has 162 valence electrons. The molecule has 0 atom stereocenters. The predicted molar refractivity (Wildman–Crippen MR) is 122 cm³/mol. The molecule has 0 spiro atoms. The third kappa shape index (κ3) is 5.10. The first-order chi connectivity index (χ1) is 14.7. The number of thiophene rings is 1. The number of benzene rings is 2. The summed E-state index contributed by atoms with van der Waals surface area (Å²) in [6, 6.07) is 16.0. The van der Waals surface area contributed by atoms with Gasteiger partial charge >= 0.3 is 0 Å². The molecule has 31 heavy (non-hydrogen) atoms. The highest BCUT2D eigenvalue weighted by molar-refractivity contribution is 7.92. The average molecular weight is 459 g/mol. The second kappa shape index (κ2) is 9.29. The highest BCUT2D eigenvalue weighted by atomic mass is 32.2. The number of hydrazine groups is 1. The SMILES string of the molecule is CN(C)NC(=O)c1ccsc1NC(=O)c1ccc(S(=O)(=O)N(C)c2ccccc2)cc1. The Hall–Kier alpha value is -3.21. The zero-order chi connectivity index (χ0) is 22.6.